The van der Waals surface area contributed by atoms with Crippen molar-refractivity contribution in [3.8, 4) is 0 Å². The number of aliphatic hydroxyl groups excluding tert-OH is 1. The molecule has 0 aliphatic heterocycles. The van der Waals surface area contributed by atoms with Crippen LogP contribution in [0.2, 0.25) is 0 Å². The molecule has 90 valence electrons. The molecule has 0 bridgehead atoms. The summed E-state index contributed by atoms with van der Waals surface area (Å²) in [5, 5.41) is 9.75. The Morgan fingerprint density at radius 2 is 2.13 bits per heavy atom. The molecule has 0 saturated heterocycles. The third-order valence-corrected chi connectivity index (χ3v) is 3.31. The van der Waals surface area contributed by atoms with Gasteiger partial charge in [-0.1, -0.05) is 13.3 Å². The van der Waals surface area contributed by atoms with Crippen molar-refractivity contribution in [3.63, 3.8) is 0 Å². The number of nitrogens with zero attached hydrogens (tertiary/aromatic N) is 1. The van der Waals surface area contributed by atoms with E-state index in [9.17, 15) is 5.11 Å². The maximum Gasteiger partial charge on any atom is 0.0593 e. The van der Waals surface area contributed by atoms with Crippen molar-refractivity contribution in [2.24, 2.45) is 5.92 Å². The van der Waals surface area contributed by atoms with Crippen LogP contribution in [0.5, 0.6) is 0 Å². The minimum absolute atomic E-state index is 0.0638. The zero-order valence-corrected chi connectivity index (χ0v) is 10.1. The molecule has 1 aliphatic rings. The number of aliphatic hydroxyl groups is 1. The van der Waals surface area contributed by atoms with E-state index in [2.05, 4.69) is 11.8 Å². The molecule has 0 spiro atoms. The zero-order chi connectivity index (χ0) is 11.1. The van der Waals surface area contributed by atoms with E-state index in [0.29, 0.717) is 5.92 Å². The molecule has 3 heteroatoms. The van der Waals surface area contributed by atoms with Gasteiger partial charge in [-0.3, -0.25) is 0 Å². The first kappa shape index (κ1) is 12.9. The number of ether oxygens (including phenoxy) is 1. The lowest BCUT2D eigenvalue weighted by Crippen LogP contribution is -2.35. The topological polar surface area (TPSA) is 32.7 Å². The molecule has 2 unspecified atom stereocenters. The molecule has 0 heterocycles. The first-order valence-electron chi connectivity index (χ1n) is 6.26. The molecule has 2 atom stereocenters. The van der Waals surface area contributed by atoms with Gasteiger partial charge in [0.1, 0.15) is 0 Å². The highest BCUT2D eigenvalue weighted by molar-refractivity contribution is 4.79. The van der Waals surface area contributed by atoms with E-state index in [4.69, 9.17) is 4.74 Å². The van der Waals surface area contributed by atoms with Crippen LogP contribution in [0.25, 0.3) is 0 Å². The van der Waals surface area contributed by atoms with E-state index in [-0.39, 0.29) is 6.10 Å². The maximum atomic E-state index is 9.75. The van der Waals surface area contributed by atoms with E-state index in [1.807, 2.05) is 6.92 Å². The van der Waals surface area contributed by atoms with Gasteiger partial charge in [-0.05, 0) is 32.2 Å². The average molecular weight is 215 g/mol. The first-order chi connectivity index (χ1) is 7.27. The van der Waals surface area contributed by atoms with Gasteiger partial charge in [0, 0.05) is 19.7 Å². The molecule has 1 fully saturated rings. The second-order valence-electron chi connectivity index (χ2n) is 4.35. The van der Waals surface area contributed by atoms with Crippen LogP contribution in [-0.4, -0.2) is 49.0 Å². The van der Waals surface area contributed by atoms with Gasteiger partial charge in [-0.25, -0.2) is 0 Å². The predicted octanol–water partition coefficient (Wildman–Crippen LogP) is 1.51. The second-order valence-corrected chi connectivity index (χ2v) is 4.35. The van der Waals surface area contributed by atoms with E-state index in [1.165, 1.54) is 12.8 Å². The van der Waals surface area contributed by atoms with Gasteiger partial charge in [-0.2, -0.15) is 0 Å². The summed E-state index contributed by atoms with van der Waals surface area (Å²) in [5.41, 5.74) is 0. The Morgan fingerprint density at radius 3 is 2.67 bits per heavy atom. The summed E-state index contributed by atoms with van der Waals surface area (Å²) in [4.78, 5) is 2.38. The Kier molecular flexibility index (Phi) is 6.22. The SMILES string of the molecule is CCOCCN(CC)CC1CCCC1O. The summed E-state index contributed by atoms with van der Waals surface area (Å²) in [7, 11) is 0. The molecule has 1 N–H and O–H groups in total. The van der Waals surface area contributed by atoms with E-state index < -0.39 is 0 Å². The molecular weight excluding hydrogens is 190 g/mol. The largest absolute Gasteiger partial charge is 0.393 e. The number of hydrogen-bond acceptors (Lipinski definition) is 3. The summed E-state index contributed by atoms with van der Waals surface area (Å²) in [6.07, 6.45) is 3.31. The Morgan fingerprint density at radius 1 is 1.33 bits per heavy atom. The Bertz CT molecular complexity index is 164. The van der Waals surface area contributed by atoms with Crippen molar-refractivity contribution in [2.75, 3.05) is 32.8 Å². The minimum Gasteiger partial charge on any atom is -0.393 e. The third kappa shape index (κ3) is 4.49. The van der Waals surface area contributed by atoms with Crippen LogP contribution in [-0.2, 0) is 4.74 Å². The van der Waals surface area contributed by atoms with Crippen LogP contribution in [0.1, 0.15) is 33.1 Å². The quantitative estimate of drug-likeness (QED) is 0.653. The van der Waals surface area contributed by atoms with Crippen molar-refractivity contribution in [1.82, 2.24) is 4.90 Å². The molecule has 1 saturated carbocycles. The molecule has 0 aromatic heterocycles. The predicted molar refractivity (Wildman–Crippen MR) is 62.0 cm³/mol. The zero-order valence-electron chi connectivity index (χ0n) is 10.1. The standard InChI is InChI=1S/C12H25NO2/c1-3-13(8-9-15-4-2)10-11-6-5-7-12(11)14/h11-12,14H,3-10H2,1-2H3. The number of rotatable bonds is 7. The highest BCUT2D eigenvalue weighted by Gasteiger charge is 2.26. The lowest BCUT2D eigenvalue weighted by atomic mass is 10.1. The van der Waals surface area contributed by atoms with Gasteiger partial charge in [0.25, 0.3) is 0 Å². The highest BCUT2D eigenvalue weighted by Crippen LogP contribution is 2.26. The van der Waals surface area contributed by atoms with Gasteiger partial charge in [0.2, 0.25) is 0 Å². The monoisotopic (exact) mass is 215 g/mol. The van der Waals surface area contributed by atoms with Crippen molar-refractivity contribution < 1.29 is 9.84 Å². The molecule has 0 aromatic carbocycles. The maximum absolute atomic E-state index is 9.75. The summed E-state index contributed by atoms with van der Waals surface area (Å²) in [6, 6.07) is 0. The molecule has 0 radical (unpaired) electrons. The lowest BCUT2D eigenvalue weighted by molar-refractivity contribution is 0.0791. The normalized spacial score (nSPS) is 26.4. The number of likely N-dealkylation sites (N-methyl/N-ethyl adjacent to an activating group) is 1. The van der Waals surface area contributed by atoms with Gasteiger partial charge in [-0.15, -0.1) is 0 Å². The Balaban J connectivity index is 2.20. The van der Waals surface area contributed by atoms with E-state index in [0.717, 1.165) is 39.3 Å². The fourth-order valence-corrected chi connectivity index (χ4v) is 2.28. The molecule has 0 amide bonds. The molecule has 3 nitrogen and oxygen atoms in total. The van der Waals surface area contributed by atoms with Crippen LogP contribution >= 0.6 is 0 Å². The molecule has 0 aromatic rings. The molecule has 1 rings (SSSR count). The van der Waals surface area contributed by atoms with E-state index >= 15 is 0 Å². The smallest absolute Gasteiger partial charge is 0.0593 e. The Hall–Kier alpha value is -0.120. The fourth-order valence-electron chi connectivity index (χ4n) is 2.28. The second kappa shape index (κ2) is 7.20. The van der Waals surface area contributed by atoms with Crippen molar-refractivity contribution in [3.05, 3.63) is 0 Å². The highest BCUT2D eigenvalue weighted by atomic mass is 16.5. The van der Waals surface area contributed by atoms with Gasteiger partial charge in [0.15, 0.2) is 0 Å². The average Bonchev–Trinajstić information content (AvgIpc) is 2.63. The van der Waals surface area contributed by atoms with Crippen molar-refractivity contribution in [2.45, 2.75) is 39.2 Å². The summed E-state index contributed by atoms with van der Waals surface area (Å²) in [6.45, 7) is 8.88. The summed E-state index contributed by atoms with van der Waals surface area (Å²) >= 11 is 0. The van der Waals surface area contributed by atoms with Crippen LogP contribution < -0.4 is 0 Å². The van der Waals surface area contributed by atoms with Crippen molar-refractivity contribution >= 4 is 0 Å². The fraction of sp³-hybridized carbons (Fsp3) is 1.00. The first-order valence-corrected chi connectivity index (χ1v) is 6.26. The van der Waals surface area contributed by atoms with Gasteiger partial charge in [0.05, 0.1) is 12.7 Å². The molecule has 15 heavy (non-hydrogen) atoms. The molecule has 1 aliphatic carbocycles. The van der Waals surface area contributed by atoms with Crippen LogP contribution in [0.4, 0.5) is 0 Å². The Labute approximate surface area is 93.4 Å². The third-order valence-electron chi connectivity index (χ3n) is 3.31. The number of hydrogen-bond donors (Lipinski definition) is 1. The lowest BCUT2D eigenvalue weighted by Gasteiger charge is -2.25. The summed E-state index contributed by atoms with van der Waals surface area (Å²) in [5.74, 6) is 0.492. The summed E-state index contributed by atoms with van der Waals surface area (Å²) < 4.78 is 5.35. The van der Waals surface area contributed by atoms with Gasteiger partial charge >= 0.3 is 0 Å². The van der Waals surface area contributed by atoms with E-state index in [1.54, 1.807) is 0 Å². The minimum atomic E-state index is -0.0638. The van der Waals surface area contributed by atoms with Crippen LogP contribution in [0, 0.1) is 5.92 Å². The van der Waals surface area contributed by atoms with Crippen LogP contribution in [0.3, 0.4) is 0 Å². The van der Waals surface area contributed by atoms with Crippen molar-refractivity contribution in [1.29, 1.82) is 0 Å². The molecular formula is C12H25NO2. The van der Waals surface area contributed by atoms with Gasteiger partial charge < -0.3 is 14.7 Å². The van der Waals surface area contributed by atoms with Crippen LogP contribution in [0.15, 0.2) is 0 Å².